The summed E-state index contributed by atoms with van der Waals surface area (Å²) in [6.45, 7) is 1.49. The molecule has 3 aromatic heterocycles. The van der Waals surface area contributed by atoms with Gasteiger partial charge >= 0.3 is 11.7 Å². The van der Waals surface area contributed by atoms with Crippen LogP contribution in [0.15, 0.2) is 52.1 Å². The highest BCUT2D eigenvalue weighted by atomic mass is 35.5. The summed E-state index contributed by atoms with van der Waals surface area (Å²) in [5.41, 5.74) is 2.93. The Labute approximate surface area is 304 Å². The second-order valence-corrected chi connectivity index (χ2v) is 14.1. The number of rotatable bonds is 8. The van der Waals surface area contributed by atoms with Crippen LogP contribution < -0.4 is 21.3 Å². The van der Waals surface area contributed by atoms with Gasteiger partial charge in [-0.15, -0.1) is 0 Å². The van der Waals surface area contributed by atoms with Gasteiger partial charge in [0.15, 0.2) is 11.5 Å². The number of ether oxygens (including phenoxy) is 1. The molecule has 2 aromatic carbocycles. The summed E-state index contributed by atoms with van der Waals surface area (Å²) in [5.74, 6) is -1.17. The number of aliphatic carboxylic acids is 1. The number of methoxy groups -OCH3 is 1. The lowest BCUT2D eigenvalue weighted by Crippen LogP contribution is -2.38. The van der Waals surface area contributed by atoms with Gasteiger partial charge in [0.25, 0.3) is 12.0 Å². The molecule has 2 fully saturated rings. The Morgan fingerprint density at radius 2 is 1.65 bits per heavy atom. The van der Waals surface area contributed by atoms with E-state index < -0.39 is 29.5 Å². The summed E-state index contributed by atoms with van der Waals surface area (Å²) in [4.78, 5) is 52.3. The van der Waals surface area contributed by atoms with Gasteiger partial charge < -0.3 is 15.2 Å². The molecule has 3 aliphatic rings. The van der Waals surface area contributed by atoms with Crippen molar-refractivity contribution in [2.24, 2.45) is 31.8 Å². The number of anilines is 2. The Morgan fingerprint density at radius 3 is 2.33 bits per heavy atom. The third-order valence-corrected chi connectivity index (χ3v) is 11.4. The highest BCUT2D eigenvalue weighted by Crippen LogP contribution is 2.55. The highest BCUT2D eigenvalue weighted by Gasteiger charge is 2.60. The van der Waals surface area contributed by atoms with E-state index in [1.54, 1.807) is 31.4 Å². The van der Waals surface area contributed by atoms with Gasteiger partial charge in [-0.1, -0.05) is 53.5 Å². The molecule has 0 bridgehead atoms. The maximum Gasteiger partial charge on any atom is 0.332 e. The van der Waals surface area contributed by atoms with E-state index in [4.69, 9.17) is 32.9 Å². The van der Waals surface area contributed by atoms with Crippen molar-refractivity contribution in [3.8, 4) is 28.3 Å². The van der Waals surface area contributed by atoms with E-state index in [1.807, 2.05) is 18.2 Å². The molecule has 8 rings (SSSR count). The van der Waals surface area contributed by atoms with Crippen LogP contribution in [0, 0.1) is 17.8 Å². The van der Waals surface area contributed by atoms with Crippen LogP contribution in [0.3, 0.4) is 0 Å². The van der Waals surface area contributed by atoms with Crippen molar-refractivity contribution in [2.75, 3.05) is 25.5 Å². The zero-order chi connectivity index (χ0) is 36.7. The average Bonchev–Trinajstić information content (AvgIpc) is 3.40. The number of piperidine rings is 1. The van der Waals surface area contributed by atoms with Gasteiger partial charge in [0.1, 0.15) is 11.2 Å². The molecule has 268 valence electrons. The predicted octanol–water partition coefficient (Wildman–Crippen LogP) is 6.00. The van der Waals surface area contributed by atoms with Gasteiger partial charge in [0.2, 0.25) is 5.88 Å². The summed E-state index contributed by atoms with van der Waals surface area (Å²) in [5, 5.41) is 12.8. The Morgan fingerprint density at radius 1 is 0.981 bits per heavy atom. The normalized spacial score (nSPS) is 20.7. The first-order chi connectivity index (χ1) is 24.9. The number of hydrogen-bond donors (Lipinski definition) is 2. The van der Waals surface area contributed by atoms with E-state index in [1.165, 1.54) is 14.1 Å². The number of likely N-dealkylation sites (tertiary alicyclic amines) is 1. The number of halogens is 4. The molecule has 0 radical (unpaired) electrons. The molecule has 0 spiro atoms. The molecule has 4 heterocycles. The molecule has 1 saturated carbocycles. The maximum atomic E-state index is 13.9. The Balaban J connectivity index is 1.15. The molecular formula is C36H31Cl2F2N7O5. The summed E-state index contributed by atoms with van der Waals surface area (Å²) >= 11 is 14.1. The van der Waals surface area contributed by atoms with Crippen LogP contribution in [0.4, 0.5) is 20.3 Å². The summed E-state index contributed by atoms with van der Waals surface area (Å²) in [7, 11) is 4.19. The number of hydrogen-bond acceptors (Lipinski definition) is 9. The minimum absolute atomic E-state index is 0.0958. The molecule has 16 heteroatoms. The largest absolute Gasteiger partial charge is 0.481 e. The van der Waals surface area contributed by atoms with E-state index in [-0.39, 0.29) is 51.4 Å². The van der Waals surface area contributed by atoms with Crippen molar-refractivity contribution in [1.29, 1.82) is 0 Å². The van der Waals surface area contributed by atoms with Crippen LogP contribution in [-0.2, 0) is 25.3 Å². The number of carbonyl (C=O) groups is 1. The first-order valence-electron chi connectivity index (χ1n) is 16.5. The van der Waals surface area contributed by atoms with Gasteiger partial charge in [-0.2, -0.15) is 0 Å². The first kappa shape index (κ1) is 34.2. The molecule has 52 heavy (non-hydrogen) atoms. The first-order valence-corrected chi connectivity index (χ1v) is 17.3. The second-order valence-electron chi connectivity index (χ2n) is 13.4. The number of alkyl halides is 2. The van der Waals surface area contributed by atoms with E-state index in [0.29, 0.717) is 33.3 Å². The molecule has 3 unspecified atom stereocenters. The van der Waals surface area contributed by atoms with Crippen LogP contribution in [0.25, 0.3) is 33.4 Å². The molecular weight excluding hydrogens is 719 g/mol. The lowest BCUT2D eigenvalue weighted by Gasteiger charge is -2.27. The quantitative estimate of drug-likeness (QED) is 0.194. The van der Waals surface area contributed by atoms with Crippen LogP contribution in [0.2, 0.25) is 10.0 Å². The van der Waals surface area contributed by atoms with Crippen LogP contribution in [-0.4, -0.2) is 60.3 Å². The van der Waals surface area contributed by atoms with E-state index in [2.05, 4.69) is 20.2 Å². The highest BCUT2D eigenvalue weighted by molar-refractivity contribution is 6.39. The Bertz CT molecular complexity index is 2440. The molecule has 12 nitrogen and oxygen atoms in total. The second kappa shape index (κ2) is 12.6. The van der Waals surface area contributed by atoms with Gasteiger partial charge in [-0.25, -0.2) is 28.5 Å². The SMILES string of the molecule is COc1nc(-c2cccc(-c3cccc(Nc4nc(C(F)F)nc5c4c(=O)n(C)c(=O)n5C)c3Cl)c2Cl)cc2c1C(N1CC3C(C1)C3C(=O)O)CC2. The van der Waals surface area contributed by atoms with Crippen molar-refractivity contribution in [1.82, 2.24) is 29.0 Å². The predicted molar refractivity (Wildman–Crippen MR) is 191 cm³/mol. The minimum Gasteiger partial charge on any atom is -0.481 e. The lowest BCUT2D eigenvalue weighted by molar-refractivity contribution is -0.139. The monoisotopic (exact) mass is 749 g/mol. The number of carboxylic acids is 1. The average molecular weight is 751 g/mol. The standard InChI is InChI=1S/C36H31Cl2F2N7O5/c1-45-32-26(34(48)46(2)36(45)51)30(43-31(44-32)29(39)40)41-21-9-5-7-17(28(21)38)16-6-4-8-18(27(16)37)22-12-15-10-11-23(24(15)33(42-22)52-3)47-13-19-20(14-47)25(19)35(49)50/h4-9,12,19-20,23,25,29H,10-11,13-14H2,1-3H3,(H,49,50)(H,41,43,44). The van der Waals surface area contributed by atoms with Crippen LogP contribution in [0.5, 0.6) is 5.88 Å². The number of carboxylic acid groups (broad SMARTS) is 1. The minimum atomic E-state index is -3.08. The molecule has 5 aromatic rings. The number of pyridine rings is 1. The van der Waals surface area contributed by atoms with Crippen molar-refractivity contribution in [3.05, 3.63) is 90.3 Å². The van der Waals surface area contributed by atoms with Gasteiger partial charge in [0, 0.05) is 55.5 Å². The lowest BCUT2D eigenvalue weighted by atomic mass is 9.99. The topological polar surface area (TPSA) is 144 Å². The Kier molecular flexibility index (Phi) is 8.31. The van der Waals surface area contributed by atoms with Crippen molar-refractivity contribution >= 4 is 51.7 Å². The number of aromatic nitrogens is 5. The molecule has 0 amide bonds. The third kappa shape index (κ3) is 5.34. The molecule has 2 N–H and O–H groups in total. The zero-order valence-electron chi connectivity index (χ0n) is 28.0. The van der Waals surface area contributed by atoms with Crippen molar-refractivity contribution in [3.63, 3.8) is 0 Å². The van der Waals surface area contributed by atoms with Crippen molar-refractivity contribution in [2.45, 2.75) is 25.3 Å². The zero-order valence-corrected chi connectivity index (χ0v) is 29.5. The summed E-state index contributed by atoms with van der Waals surface area (Å²) in [6.07, 6.45) is -1.40. The van der Waals surface area contributed by atoms with E-state index in [9.17, 15) is 28.3 Å². The van der Waals surface area contributed by atoms with Crippen LogP contribution >= 0.6 is 23.2 Å². The van der Waals surface area contributed by atoms with Gasteiger partial charge in [-0.3, -0.25) is 23.6 Å². The summed E-state index contributed by atoms with van der Waals surface area (Å²) in [6, 6.07) is 12.6. The number of aryl methyl sites for hydroxylation is 2. The number of nitrogens with zero attached hydrogens (tertiary/aromatic N) is 6. The fourth-order valence-electron chi connectivity index (χ4n) is 7.99. The molecule has 1 aliphatic heterocycles. The smallest absolute Gasteiger partial charge is 0.332 e. The summed E-state index contributed by atoms with van der Waals surface area (Å²) < 4.78 is 35.4. The van der Waals surface area contributed by atoms with E-state index >= 15 is 0 Å². The number of benzene rings is 2. The van der Waals surface area contributed by atoms with E-state index in [0.717, 1.165) is 46.2 Å². The Hall–Kier alpha value is -4.92. The molecule has 1 saturated heterocycles. The number of fused-ring (bicyclic) bond motifs is 3. The number of nitrogens with one attached hydrogen (secondary N) is 1. The maximum absolute atomic E-state index is 13.9. The fourth-order valence-corrected chi connectivity index (χ4v) is 8.59. The van der Waals surface area contributed by atoms with Crippen LogP contribution in [0.1, 0.15) is 35.8 Å². The third-order valence-electron chi connectivity index (χ3n) is 10.6. The van der Waals surface area contributed by atoms with Crippen molar-refractivity contribution < 1.29 is 23.4 Å². The molecule has 2 aliphatic carbocycles. The fraction of sp³-hybridized carbons (Fsp3) is 0.333. The van der Waals surface area contributed by atoms with Gasteiger partial charge in [-0.05, 0) is 42.4 Å². The molecule has 3 atom stereocenters. The van der Waals surface area contributed by atoms with Gasteiger partial charge in [0.05, 0.1) is 34.5 Å².